The van der Waals surface area contributed by atoms with Crippen molar-refractivity contribution in [2.24, 2.45) is 16.1 Å². The van der Waals surface area contributed by atoms with Crippen LogP contribution in [0.5, 0.6) is 0 Å². The van der Waals surface area contributed by atoms with Crippen LogP contribution in [0, 0.1) is 0 Å². The van der Waals surface area contributed by atoms with Gasteiger partial charge in [-0.05, 0) is 5.04 Å². The third-order valence-electron chi connectivity index (χ3n) is 2.68. The van der Waals surface area contributed by atoms with Gasteiger partial charge in [0.05, 0.1) is 6.33 Å². The zero-order valence-corrected chi connectivity index (χ0v) is 14.4. The van der Waals surface area contributed by atoms with E-state index >= 15 is 0 Å². The minimum Gasteiger partial charge on any atom is -0.364 e. The van der Waals surface area contributed by atoms with Crippen LogP contribution in [0.4, 0.5) is 5.82 Å². The third-order valence-corrected chi connectivity index (χ3v) is 5.68. The molecule has 0 saturated carbocycles. The van der Waals surface area contributed by atoms with E-state index in [4.69, 9.17) is 5.73 Å². The van der Waals surface area contributed by atoms with E-state index in [2.05, 4.69) is 54.2 Å². The first-order valence-electron chi connectivity index (χ1n) is 6.28. The second-order valence-electron chi connectivity index (χ2n) is 5.75. The Bertz CT molecular complexity index is 447. The van der Waals surface area contributed by atoms with Crippen LogP contribution in [-0.2, 0) is 0 Å². The maximum absolute atomic E-state index is 10.8. The van der Waals surface area contributed by atoms with Crippen molar-refractivity contribution < 1.29 is 4.79 Å². The molecule has 0 unspecified atom stereocenters. The van der Waals surface area contributed by atoms with E-state index < -0.39 is 5.91 Å². The lowest BCUT2D eigenvalue weighted by molar-refractivity contribution is 0.0996. The number of primary amides is 1. The highest BCUT2D eigenvalue weighted by Crippen LogP contribution is 2.25. The van der Waals surface area contributed by atoms with Gasteiger partial charge in [0.15, 0.2) is 5.69 Å². The molecule has 1 aromatic heterocycles. The second kappa shape index (κ2) is 7.78. The number of H-pyrrole nitrogens is 1. The van der Waals surface area contributed by atoms with Crippen LogP contribution in [0.1, 0.15) is 31.3 Å². The number of hydrogen-bond acceptors (Lipinski definition) is 4. The number of imidazole rings is 1. The summed E-state index contributed by atoms with van der Waals surface area (Å²) in [5.74, 6) is -0.411. The first-order chi connectivity index (χ1) is 9.05. The number of nitrogens with one attached hydrogen (secondary N) is 1. The summed E-state index contributed by atoms with van der Waals surface area (Å²) in [6, 6.07) is 0. The van der Waals surface area contributed by atoms with Gasteiger partial charge in [-0.15, -0.1) is 5.11 Å². The molecule has 0 aliphatic carbocycles. The first-order valence-corrected chi connectivity index (χ1v) is 8.78. The van der Waals surface area contributed by atoms with Crippen molar-refractivity contribution in [3.8, 4) is 0 Å². The van der Waals surface area contributed by atoms with Crippen LogP contribution in [0.3, 0.4) is 0 Å². The van der Waals surface area contributed by atoms with E-state index in [-0.39, 0.29) is 20.3 Å². The van der Waals surface area contributed by atoms with Gasteiger partial charge in [-0.1, -0.05) is 39.1 Å². The van der Waals surface area contributed by atoms with Crippen LogP contribution in [0.25, 0.3) is 0 Å². The minimum atomic E-state index is -0.606. The molecular formula is C12H25N6OSi. The van der Waals surface area contributed by atoms with Gasteiger partial charge in [0, 0.05) is 22.9 Å². The number of nitrogens with two attached hydrogens (primary N) is 1. The van der Waals surface area contributed by atoms with Crippen LogP contribution in [0.2, 0.25) is 18.1 Å². The van der Waals surface area contributed by atoms with E-state index in [1.54, 1.807) is 14.1 Å². The Hall–Kier alpha value is -1.70. The Kier molecular flexibility index (Phi) is 7.12. The number of aromatic nitrogens is 2. The van der Waals surface area contributed by atoms with Crippen molar-refractivity contribution in [3.63, 3.8) is 0 Å². The lowest BCUT2D eigenvalue weighted by Crippen LogP contribution is -2.16. The first kappa shape index (κ1) is 18.3. The summed E-state index contributed by atoms with van der Waals surface area (Å²) in [7, 11) is 3.37. The van der Waals surface area contributed by atoms with Crippen molar-refractivity contribution in [2.45, 2.75) is 38.9 Å². The molecule has 3 N–H and O–H groups in total. The lowest BCUT2D eigenvalue weighted by Gasteiger charge is -2.20. The molecule has 0 bridgehead atoms. The van der Waals surface area contributed by atoms with Crippen LogP contribution in [-0.4, -0.2) is 43.8 Å². The standard InChI is InChI=1S/C6H10N6O.C6H15Si/c1-12(2)11-10-6-4(5(7)13)8-3-9-6;1-6(2,3)7(4)5/h3H,1-2H3,(H2,7,13)(H,8,9);1-5H3. The van der Waals surface area contributed by atoms with Crippen molar-refractivity contribution in [3.05, 3.63) is 12.0 Å². The van der Waals surface area contributed by atoms with Gasteiger partial charge in [0.1, 0.15) is 0 Å². The fraction of sp³-hybridized carbons (Fsp3) is 0.667. The highest BCUT2D eigenvalue weighted by Gasteiger charge is 2.15. The van der Waals surface area contributed by atoms with Gasteiger partial charge in [0.25, 0.3) is 5.91 Å². The lowest BCUT2D eigenvalue weighted by atomic mass is 10.2. The van der Waals surface area contributed by atoms with Crippen LogP contribution >= 0.6 is 0 Å². The molecule has 0 atom stereocenters. The Morgan fingerprint density at radius 2 is 1.90 bits per heavy atom. The van der Waals surface area contributed by atoms with Crippen LogP contribution < -0.4 is 5.73 Å². The maximum atomic E-state index is 10.8. The average molecular weight is 297 g/mol. The average Bonchev–Trinajstić information content (AvgIpc) is 2.73. The maximum Gasteiger partial charge on any atom is 0.269 e. The van der Waals surface area contributed by atoms with Gasteiger partial charge < -0.3 is 10.7 Å². The van der Waals surface area contributed by atoms with E-state index in [0.717, 1.165) is 0 Å². The topological polar surface area (TPSA) is 99.7 Å². The Morgan fingerprint density at radius 1 is 1.40 bits per heavy atom. The normalized spacial score (nSPS) is 11.4. The molecule has 1 radical (unpaired) electrons. The monoisotopic (exact) mass is 297 g/mol. The summed E-state index contributed by atoms with van der Waals surface area (Å²) < 4.78 is 0. The molecule has 0 spiro atoms. The van der Waals surface area contributed by atoms with Crippen molar-refractivity contribution in [1.29, 1.82) is 0 Å². The number of rotatable bonds is 3. The zero-order valence-electron chi connectivity index (χ0n) is 13.4. The molecule has 0 aliphatic heterocycles. The number of carbonyl (C=O) groups is 1. The molecule has 8 heteroatoms. The van der Waals surface area contributed by atoms with Gasteiger partial charge >= 0.3 is 0 Å². The van der Waals surface area contributed by atoms with E-state index in [1.807, 2.05) is 0 Å². The molecule has 20 heavy (non-hydrogen) atoms. The van der Waals surface area contributed by atoms with E-state index in [9.17, 15) is 4.79 Å². The summed E-state index contributed by atoms with van der Waals surface area (Å²) in [6.07, 6.45) is 1.34. The highest BCUT2D eigenvalue weighted by molar-refractivity contribution is 6.59. The molecule has 1 amide bonds. The predicted molar refractivity (Wildman–Crippen MR) is 82.5 cm³/mol. The molecule has 0 aliphatic rings. The fourth-order valence-electron chi connectivity index (χ4n) is 0.676. The summed E-state index contributed by atoms with van der Waals surface area (Å²) in [4.78, 5) is 17.1. The molecule has 1 rings (SSSR count). The number of amides is 1. The Balaban J connectivity index is 0.000000441. The number of carbonyl (C=O) groups excluding carboxylic acids is 1. The fourth-order valence-corrected chi connectivity index (χ4v) is 0.676. The smallest absolute Gasteiger partial charge is 0.269 e. The molecule has 0 saturated heterocycles. The molecule has 0 aromatic carbocycles. The van der Waals surface area contributed by atoms with Gasteiger partial charge in [-0.25, -0.2) is 4.98 Å². The molecular weight excluding hydrogens is 272 g/mol. The highest BCUT2D eigenvalue weighted by atomic mass is 28.3. The Labute approximate surface area is 122 Å². The minimum absolute atomic E-state index is 0.0502. The zero-order chi connectivity index (χ0) is 15.9. The number of hydrogen-bond donors (Lipinski definition) is 2. The molecule has 7 nitrogen and oxygen atoms in total. The molecule has 113 valence electrons. The summed E-state index contributed by atoms with van der Waals surface area (Å²) in [5.41, 5.74) is 5.20. The van der Waals surface area contributed by atoms with Crippen molar-refractivity contribution in [1.82, 2.24) is 15.0 Å². The second-order valence-corrected chi connectivity index (χ2v) is 9.25. The summed E-state index contributed by atoms with van der Waals surface area (Å²) in [6.45, 7) is 11.6. The number of aromatic amines is 1. The number of nitrogens with zero attached hydrogens (tertiary/aromatic N) is 4. The molecule has 1 aromatic rings. The van der Waals surface area contributed by atoms with E-state index in [1.165, 1.54) is 11.3 Å². The Morgan fingerprint density at radius 3 is 2.25 bits per heavy atom. The molecule has 0 fully saturated rings. The quantitative estimate of drug-likeness (QED) is 0.509. The summed E-state index contributed by atoms with van der Waals surface area (Å²) in [5, 5.41) is 9.46. The molecule has 1 heterocycles. The predicted octanol–water partition coefficient (Wildman–Crippen LogP) is 2.61. The van der Waals surface area contributed by atoms with Gasteiger partial charge in [-0.3, -0.25) is 9.80 Å². The largest absolute Gasteiger partial charge is 0.364 e. The van der Waals surface area contributed by atoms with Crippen LogP contribution in [0.15, 0.2) is 16.7 Å². The van der Waals surface area contributed by atoms with Gasteiger partial charge in [0.2, 0.25) is 5.82 Å². The van der Waals surface area contributed by atoms with Crippen molar-refractivity contribution in [2.75, 3.05) is 14.1 Å². The van der Waals surface area contributed by atoms with Crippen molar-refractivity contribution >= 4 is 20.5 Å². The summed E-state index contributed by atoms with van der Waals surface area (Å²) >= 11 is 0. The van der Waals surface area contributed by atoms with E-state index in [0.29, 0.717) is 5.04 Å². The SMILES string of the molecule is CN(C)N=Nc1nc[nH]c1C(N)=O.C[Si](C)C(C)(C)C. The van der Waals surface area contributed by atoms with Gasteiger partial charge in [-0.2, -0.15) is 0 Å². The third kappa shape index (κ3) is 7.03.